The zero-order chi connectivity index (χ0) is 14.8. The molecule has 0 bridgehead atoms. The van der Waals surface area contributed by atoms with Crippen LogP contribution in [0.1, 0.15) is 25.3 Å². The molecule has 1 aliphatic heterocycles. The number of sulfonamides is 1. The quantitative estimate of drug-likeness (QED) is 0.928. The monoisotopic (exact) mass is 316 g/mol. The first-order valence-electron chi connectivity index (χ1n) is 6.93. The third-order valence-electron chi connectivity index (χ3n) is 3.73. The smallest absolute Gasteiger partial charge is 0.242 e. The van der Waals surface area contributed by atoms with Crippen molar-refractivity contribution in [3.63, 3.8) is 0 Å². The summed E-state index contributed by atoms with van der Waals surface area (Å²) >= 11 is 6.05. The van der Waals surface area contributed by atoms with Crippen LogP contribution >= 0.6 is 11.6 Å². The molecule has 1 fully saturated rings. The Kier molecular flexibility index (Phi) is 5.07. The number of likely N-dealkylation sites (tertiary alicyclic amines) is 1. The largest absolute Gasteiger partial charge is 0.303 e. The maximum absolute atomic E-state index is 12.4. The molecule has 0 atom stereocenters. The number of piperidine rings is 1. The first-order valence-corrected chi connectivity index (χ1v) is 8.79. The van der Waals surface area contributed by atoms with Gasteiger partial charge in [-0.05, 0) is 57.1 Å². The minimum absolute atomic E-state index is 0.000157. The summed E-state index contributed by atoms with van der Waals surface area (Å²) in [6.45, 7) is 6.90. The Morgan fingerprint density at radius 1 is 1.35 bits per heavy atom. The number of halogens is 1. The van der Waals surface area contributed by atoms with E-state index >= 15 is 0 Å². The molecule has 0 spiro atoms. The minimum atomic E-state index is -3.53. The van der Waals surface area contributed by atoms with Crippen LogP contribution in [0.25, 0.3) is 0 Å². The second kappa shape index (κ2) is 6.43. The van der Waals surface area contributed by atoms with Gasteiger partial charge in [-0.1, -0.05) is 24.6 Å². The number of benzene rings is 1. The van der Waals surface area contributed by atoms with E-state index in [1.165, 1.54) is 0 Å². The summed E-state index contributed by atoms with van der Waals surface area (Å²) < 4.78 is 27.5. The number of aryl methyl sites for hydroxylation is 1. The summed E-state index contributed by atoms with van der Waals surface area (Å²) in [5.74, 6) is 0. The second-order valence-corrected chi connectivity index (χ2v) is 7.35. The lowest BCUT2D eigenvalue weighted by Gasteiger charge is -2.31. The molecule has 0 unspecified atom stereocenters. The van der Waals surface area contributed by atoms with Crippen LogP contribution in [0, 0.1) is 6.92 Å². The zero-order valence-corrected chi connectivity index (χ0v) is 13.5. The molecule has 1 aliphatic rings. The van der Waals surface area contributed by atoms with Crippen LogP contribution in [0.15, 0.2) is 23.1 Å². The molecule has 4 nitrogen and oxygen atoms in total. The van der Waals surface area contributed by atoms with Gasteiger partial charge in [0.15, 0.2) is 0 Å². The van der Waals surface area contributed by atoms with Gasteiger partial charge in [0.2, 0.25) is 10.0 Å². The number of rotatable bonds is 4. The van der Waals surface area contributed by atoms with Crippen molar-refractivity contribution in [2.75, 3.05) is 19.6 Å². The van der Waals surface area contributed by atoms with Crippen LogP contribution in [0.2, 0.25) is 5.02 Å². The molecule has 1 aromatic rings. The summed E-state index contributed by atoms with van der Waals surface area (Å²) in [6, 6.07) is 5.01. The summed E-state index contributed by atoms with van der Waals surface area (Å²) in [7, 11) is -3.53. The van der Waals surface area contributed by atoms with E-state index in [0.717, 1.165) is 38.0 Å². The lowest BCUT2D eigenvalue weighted by Crippen LogP contribution is -2.44. The van der Waals surface area contributed by atoms with E-state index < -0.39 is 10.0 Å². The molecule has 2 rings (SSSR count). The first-order chi connectivity index (χ1) is 9.42. The Labute approximate surface area is 126 Å². The third kappa shape index (κ3) is 3.73. The van der Waals surface area contributed by atoms with Crippen molar-refractivity contribution in [3.05, 3.63) is 28.8 Å². The molecule has 112 valence electrons. The molecule has 0 aliphatic carbocycles. The topological polar surface area (TPSA) is 49.4 Å². The molecule has 1 heterocycles. The minimum Gasteiger partial charge on any atom is -0.303 e. The number of hydrogen-bond donors (Lipinski definition) is 1. The van der Waals surface area contributed by atoms with Crippen molar-refractivity contribution < 1.29 is 8.42 Å². The fourth-order valence-corrected chi connectivity index (χ4v) is 4.38. The molecule has 0 amide bonds. The molecular weight excluding hydrogens is 296 g/mol. The Hall–Kier alpha value is -0.620. The molecule has 6 heteroatoms. The fourth-order valence-electron chi connectivity index (χ4n) is 2.47. The highest BCUT2D eigenvalue weighted by Gasteiger charge is 2.25. The summed E-state index contributed by atoms with van der Waals surface area (Å²) in [5.41, 5.74) is 0.949. The molecular formula is C14H21ClN2O2S. The van der Waals surface area contributed by atoms with Gasteiger partial charge in [0.05, 0.1) is 5.02 Å². The van der Waals surface area contributed by atoms with Crippen LogP contribution in [0.3, 0.4) is 0 Å². The predicted molar refractivity (Wildman–Crippen MR) is 81.6 cm³/mol. The molecule has 0 radical (unpaired) electrons. The first kappa shape index (κ1) is 15.8. The van der Waals surface area contributed by atoms with Gasteiger partial charge in [-0.3, -0.25) is 0 Å². The van der Waals surface area contributed by atoms with Crippen LogP contribution in [-0.4, -0.2) is 39.0 Å². The molecule has 20 heavy (non-hydrogen) atoms. The average Bonchev–Trinajstić information content (AvgIpc) is 2.38. The van der Waals surface area contributed by atoms with E-state index in [1.54, 1.807) is 18.2 Å². The van der Waals surface area contributed by atoms with Gasteiger partial charge in [0.1, 0.15) is 4.90 Å². The Balaban J connectivity index is 2.08. The molecule has 1 N–H and O–H groups in total. The van der Waals surface area contributed by atoms with Crippen molar-refractivity contribution in [2.24, 2.45) is 0 Å². The Morgan fingerprint density at radius 2 is 2.00 bits per heavy atom. The normalized spacial score (nSPS) is 18.4. The third-order valence-corrected chi connectivity index (χ3v) is 5.74. The Bertz CT molecular complexity index is 567. The SMILES string of the molecule is CCN1CCC(NS(=O)(=O)c2ccc(C)cc2Cl)CC1. The molecule has 0 saturated carbocycles. The lowest BCUT2D eigenvalue weighted by atomic mass is 10.1. The molecule has 1 aromatic carbocycles. The number of hydrogen-bond acceptors (Lipinski definition) is 3. The van der Waals surface area contributed by atoms with Gasteiger partial charge in [-0.2, -0.15) is 0 Å². The Morgan fingerprint density at radius 3 is 2.55 bits per heavy atom. The van der Waals surface area contributed by atoms with Crippen molar-refractivity contribution in [1.82, 2.24) is 9.62 Å². The zero-order valence-electron chi connectivity index (χ0n) is 11.9. The van der Waals surface area contributed by atoms with Gasteiger partial charge in [0.25, 0.3) is 0 Å². The lowest BCUT2D eigenvalue weighted by molar-refractivity contribution is 0.217. The van der Waals surface area contributed by atoms with E-state index in [9.17, 15) is 8.42 Å². The summed E-state index contributed by atoms with van der Waals surface area (Å²) in [5, 5.41) is 0.281. The molecule has 0 aromatic heterocycles. The maximum Gasteiger partial charge on any atom is 0.242 e. The van der Waals surface area contributed by atoms with E-state index in [1.807, 2.05) is 6.92 Å². The van der Waals surface area contributed by atoms with E-state index in [2.05, 4.69) is 16.5 Å². The predicted octanol–water partition coefficient (Wildman–Crippen LogP) is 2.41. The van der Waals surface area contributed by atoms with Crippen LogP contribution in [0.5, 0.6) is 0 Å². The van der Waals surface area contributed by atoms with Crippen molar-refractivity contribution in [2.45, 2.75) is 37.6 Å². The summed E-state index contributed by atoms with van der Waals surface area (Å²) in [6.07, 6.45) is 1.69. The van der Waals surface area contributed by atoms with Crippen molar-refractivity contribution >= 4 is 21.6 Å². The number of nitrogens with one attached hydrogen (secondary N) is 1. The standard InChI is InChI=1S/C14H21ClN2O2S/c1-3-17-8-6-12(7-9-17)16-20(18,19)14-5-4-11(2)10-13(14)15/h4-5,10,12,16H,3,6-9H2,1-2H3. The molecule has 1 saturated heterocycles. The van der Waals surface area contributed by atoms with E-state index in [4.69, 9.17) is 11.6 Å². The highest BCUT2D eigenvalue weighted by atomic mass is 35.5. The maximum atomic E-state index is 12.4. The second-order valence-electron chi connectivity index (χ2n) is 5.26. The van der Waals surface area contributed by atoms with Gasteiger partial charge in [-0.15, -0.1) is 0 Å². The number of nitrogens with zero attached hydrogens (tertiary/aromatic N) is 1. The van der Waals surface area contributed by atoms with Gasteiger partial charge >= 0.3 is 0 Å². The summed E-state index contributed by atoms with van der Waals surface area (Å²) in [4.78, 5) is 2.49. The van der Waals surface area contributed by atoms with Gasteiger partial charge in [-0.25, -0.2) is 13.1 Å². The van der Waals surface area contributed by atoms with Crippen molar-refractivity contribution in [1.29, 1.82) is 0 Å². The van der Waals surface area contributed by atoms with Crippen LogP contribution in [-0.2, 0) is 10.0 Å². The highest BCUT2D eigenvalue weighted by molar-refractivity contribution is 7.89. The van der Waals surface area contributed by atoms with Crippen LogP contribution in [0.4, 0.5) is 0 Å². The van der Waals surface area contributed by atoms with E-state index in [0.29, 0.717) is 0 Å². The van der Waals surface area contributed by atoms with Crippen molar-refractivity contribution in [3.8, 4) is 0 Å². The highest BCUT2D eigenvalue weighted by Crippen LogP contribution is 2.23. The van der Waals surface area contributed by atoms with Gasteiger partial charge < -0.3 is 4.90 Å². The van der Waals surface area contributed by atoms with Gasteiger partial charge in [0, 0.05) is 6.04 Å². The van der Waals surface area contributed by atoms with Crippen LogP contribution < -0.4 is 4.72 Å². The average molecular weight is 317 g/mol. The van der Waals surface area contributed by atoms with E-state index in [-0.39, 0.29) is 16.0 Å². The fraction of sp³-hybridized carbons (Fsp3) is 0.571.